The molecule has 0 radical (unpaired) electrons. The molecule has 88 valence electrons. The third-order valence-corrected chi connectivity index (χ3v) is 2.81. The number of carbonyl (C=O) groups excluding carboxylic acids is 1. The molecule has 5 heteroatoms. The maximum atomic E-state index is 11.8. The fourth-order valence-corrected chi connectivity index (χ4v) is 2.06. The van der Waals surface area contributed by atoms with Gasteiger partial charge >= 0.3 is 0 Å². The Morgan fingerprint density at radius 2 is 2.24 bits per heavy atom. The number of Topliss-reactive ketones (excluding diaryl/α,β-unsaturated/α-hetero) is 1. The van der Waals surface area contributed by atoms with Gasteiger partial charge in [-0.15, -0.1) is 5.10 Å². The van der Waals surface area contributed by atoms with E-state index >= 15 is 0 Å². The number of halogens is 1. The van der Waals surface area contributed by atoms with Crippen molar-refractivity contribution in [1.29, 1.82) is 0 Å². The van der Waals surface area contributed by atoms with E-state index in [-0.39, 0.29) is 5.78 Å². The average molecular weight is 294 g/mol. The van der Waals surface area contributed by atoms with E-state index < -0.39 is 0 Å². The lowest BCUT2D eigenvalue weighted by atomic mass is 10.1. The van der Waals surface area contributed by atoms with Gasteiger partial charge in [-0.05, 0) is 17.7 Å². The number of aryl methyl sites for hydroxylation is 1. The predicted molar refractivity (Wildman–Crippen MR) is 67.6 cm³/mol. The summed E-state index contributed by atoms with van der Waals surface area (Å²) in [4.78, 5) is 11.8. The molecule has 0 N–H and O–H groups in total. The zero-order chi connectivity index (χ0) is 12.3. The largest absolute Gasteiger partial charge is 0.299 e. The van der Waals surface area contributed by atoms with Crippen molar-refractivity contribution >= 4 is 21.7 Å². The summed E-state index contributed by atoms with van der Waals surface area (Å²) in [6.07, 6.45) is 2.52. The highest BCUT2D eigenvalue weighted by atomic mass is 79.9. The van der Waals surface area contributed by atoms with Gasteiger partial charge in [0.1, 0.15) is 5.78 Å². The number of carbonyl (C=O) groups is 1. The number of rotatable bonds is 4. The van der Waals surface area contributed by atoms with E-state index in [1.807, 2.05) is 24.3 Å². The smallest absolute Gasteiger partial charge is 0.143 e. The Hall–Kier alpha value is -1.49. The Kier molecular flexibility index (Phi) is 3.68. The van der Waals surface area contributed by atoms with E-state index in [1.165, 1.54) is 0 Å². The van der Waals surface area contributed by atoms with Crippen molar-refractivity contribution in [3.63, 3.8) is 0 Å². The van der Waals surface area contributed by atoms with Crippen LogP contribution in [0.4, 0.5) is 0 Å². The van der Waals surface area contributed by atoms with Crippen LogP contribution in [0.25, 0.3) is 0 Å². The van der Waals surface area contributed by atoms with Gasteiger partial charge in [0.2, 0.25) is 0 Å². The highest BCUT2D eigenvalue weighted by Gasteiger charge is 2.08. The van der Waals surface area contributed by atoms with E-state index in [1.54, 1.807) is 17.9 Å². The Morgan fingerprint density at radius 1 is 1.41 bits per heavy atom. The van der Waals surface area contributed by atoms with E-state index in [4.69, 9.17) is 0 Å². The van der Waals surface area contributed by atoms with Crippen LogP contribution in [-0.4, -0.2) is 20.8 Å². The molecule has 0 bridgehead atoms. The van der Waals surface area contributed by atoms with E-state index in [9.17, 15) is 4.79 Å². The van der Waals surface area contributed by atoms with Crippen LogP contribution in [0.3, 0.4) is 0 Å². The van der Waals surface area contributed by atoms with Crippen LogP contribution in [0.2, 0.25) is 0 Å². The van der Waals surface area contributed by atoms with Crippen molar-refractivity contribution in [2.45, 2.75) is 12.8 Å². The van der Waals surface area contributed by atoms with Crippen LogP contribution in [-0.2, 0) is 24.7 Å². The summed E-state index contributed by atoms with van der Waals surface area (Å²) in [6.45, 7) is 0. The first-order valence-corrected chi connectivity index (χ1v) is 6.04. The summed E-state index contributed by atoms with van der Waals surface area (Å²) >= 11 is 3.39. The molecule has 0 fully saturated rings. The summed E-state index contributed by atoms with van der Waals surface area (Å²) < 4.78 is 2.59. The molecule has 1 aromatic carbocycles. The van der Waals surface area contributed by atoms with Crippen LogP contribution >= 0.6 is 15.9 Å². The fourth-order valence-electron chi connectivity index (χ4n) is 1.62. The Balaban J connectivity index is 1.98. The minimum atomic E-state index is 0.142. The summed E-state index contributed by atoms with van der Waals surface area (Å²) in [5.74, 6) is 0.142. The number of aromatic nitrogens is 3. The SMILES string of the molecule is Cn1cc(CC(=O)Cc2cccc(Br)c2)nn1. The molecule has 1 aromatic heterocycles. The van der Waals surface area contributed by atoms with Crippen molar-refractivity contribution in [3.8, 4) is 0 Å². The molecule has 0 unspecified atom stereocenters. The Morgan fingerprint density at radius 3 is 2.88 bits per heavy atom. The van der Waals surface area contributed by atoms with Crippen molar-refractivity contribution in [3.05, 3.63) is 46.2 Å². The first kappa shape index (κ1) is 12.0. The van der Waals surface area contributed by atoms with Gasteiger partial charge in [-0.25, -0.2) is 0 Å². The second-order valence-corrected chi connectivity index (χ2v) is 4.82. The molecular weight excluding hydrogens is 282 g/mol. The monoisotopic (exact) mass is 293 g/mol. The molecule has 2 aromatic rings. The number of hydrogen-bond acceptors (Lipinski definition) is 3. The minimum absolute atomic E-state index is 0.142. The molecule has 0 saturated carbocycles. The second kappa shape index (κ2) is 5.23. The molecule has 0 spiro atoms. The van der Waals surface area contributed by atoms with E-state index in [2.05, 4.69) is 26.2 Å². The molecule has 0 atom stereocenters. The Labute approximate surface area is 108 Å². The normalized spacial score (nSPS) is 10.5. The van der Waals surface area contributed by atoms with Crippen LogP contribution < -0.4 is 0 Å². The summed E-state index contributed by atoms with van der Waals surface area (Å²) in [7, 11) is 1.79. The summed E-state index contributed by atoms with van der Waals surface area (Å²) in [5, 5.41) is 7.70. The van der Waals surface area contributed by atoms with Crippen LogP contribution in [0.1, 0.15) is 11.3 Å². The van der Waals surface area contributed by atoms with Crippen LogP contribution in [0.5, 0.6) is 0 Å². The van der Waals surface area contributed by atoms with Crippen molar-refractivity contribution in [2.75, 3.05) is 0 Å². The third kappa shape index (κ3) is 3.49. The number of nitrogens with zero attached hydrogens (tertiary/aromatic N) is 3. The molecule has 2 rings (SSSR count). The first-order chi connectivity index (χ1) is 8.13. The van der Waals surface area contributed by atoms with E-state index in [0.29, 0.717) is 18.5 Å². The highest BCUT2D eigenvalue weighted by Crippen LogP contribution is 2.12. The maximum Gasteiger partial charge on any atom is 0.143 e. The van der Waals surface area contributed by atoms with Gasteiger partial charge in [-0.1, -0.05) is 33.3 Å². The highest BCUT2D eigenvalue weighted by molar-refractivity contribution is 9.10. The molecular formula is C12H12BrN3O. The molecule has 1 heterocycles. The van der Waals surface area contributed by atoms with Gasteiger partial charge in [-0.2, -0.15) is 0 Å². The molecule has 0 aliphatic heterocycles. The standard InChI is InChI=1S/C12H12BrN3O/c1-16-8-11(14-15-16)7-12(17)6-9-3-2-4-10(13)5-9/h2-5,8H,6-7H2,1H3. The first-order valence-electron chi connectivity index (χ1n) is 5.25. The van der Waals surface area contributed by atoms with Gasteiger partial charge in [0.25, 0.3) is 0 Å². The predicted octanol–water partition coefficient (Wildman–Crippen LogP) is 1.93. The molecule has 0 aliphatic rings. The third-order valence-electron chi connectivity index (χ3n) is 2.32. The van der Waals surface area contributed by atoms with Crippen LogP contribution in [0, 0.1) is 0 Å². The summed E-state index contributed by atoms with van der Waals surface area (Å²) in [6, 6.07) is 7.76. The average Bonchev–Trinajstić information content (AvgIpc) is 2.63. The zero-order valence-corrected chi connectivity index (χ0v) is 11.0. The van der Waals surface area contributed by atoms with E-state index in [0.717, 1.165) is 10.0 Å². The number of benzene rings is 1. The van der Waals surface area contributed by atoms with Crippen molar-refractivity contribution in [2.24, 2.45) is 7.05 Å². The molecule has 17 heavy (non-hydrogen) atoms. The topological polar surface area (TPSA) is 47.8 Å². The summed E-state index contributed by atoms with van der Waals surface area (Å²) in [5.41, 5.74) is 1.72. The molecule has 0 saturated heterocycles. The lowest BCUT2D eigenvalue weighted by Gasteiger charge is -2.00. The quantitative estimate of drug-likeness (QED) is 0.865. The van der Waals surface area contributed by atoms with Gasteiger partial charge in [0, 0.05) is 24.1 Å². The van der Waals surface area contributed by atoms with Gasteiger partial charge in [-0.3, -0.25) is 9.48 Å². The van der Waals surface area contributed by atoms with Crippen LogP contribution in [0.15, 0.2) is 34.9 Å². The van der Waals surface area contributed by atoms with Crippen molar-refractivity contribution < 1.29 is 4.79 Å². The number of ketones is 1. The van der Waals surface area contributed by atoms with Gasteiger partial charge in [0.05, 0.1) is 12.1 Å². The van der Waals surface area contributed by atoms with Gasteiger partial charge < -0.3 is 0 Å². The minimum Gasteiger partial charge on any atom is -0.299 e. The zero-order valence-electron chi connectivity index (χ0n) is 9.43. The van der Waals surface area contributed by atoms with Crippen molar-refractivity contribution in [1.82, 2.24) is 15.0 Å². The number of hydrogen-bond donors (Lipinski definition) is 0. The molecule has 0 amide bonds. The molecule has 4 nitrogen and oxygen atoms in total. The second-order valence-electron chi connectivity index (χ2n) is 3.91. The van der Waals surface area contributed by atoms with Gasteiger partial charge in [0.15, 0.2) is 0 Å². The lowest BCUT2D eigenvalue weighted by molar-refractivity contribution is -0.117. The Bertz CT molecular complexity index is 536. The lowest BCUT2D eigenvalue weighted by Crippen LogP contribution is -2.06. The maximum absolute atomic E-state index is 11.8. The fraction of sp³-hybridized carbons (Fsp3) is 0.250. The molecule has 0 aliphatic carbocycles.